The highest BCUT2D eigenvalue weighted by Crippen LogP contribution is 2.49. The molecule has 0 saturated heterocycles. The molecule has 1 saturated carbocycles. The molecule has 0 spiro atoms. The maximum Gasteiger partial charge on any atom is 0.220 e. The zero-order valence-corrected chi connectivity index (χ0v) is 11.4. The molecule has 0 aliphatic heterocycles. The van der Waals surface area contributed by atoms with Gasteiger partial charge in [-0.2, -0.15) is 12.6 Å². The van der Waals surface area contributed by atoms with Gasteiger partial charge >= 0.3 is 0 Å². The van der Waals surface area contributed by atoms with Crippen LogP contribution < -0.4 is 5.32 Å². The van der Waals surface area contributed by atoms with Gasteiger partial charge in [-0.05, 0) is 30.9 Å². The summed E-state index contributed by atoms with van der Waals surface area (Å²) in [6.45, 7) is 1.71. The second-order valence-corrected chi connectivity index (χ2v) is 7.40. The quantitative estimate of drug-likeness (QED) is 0.693. The van der Waals surface area contributed by atoms with Crippen LogP contribution >= 0.6 is 12.6 Å². The zero-order chi connectivity index (χ0) is 12.4. The molecule has 1 N–H and O–H groups in total. The van der Waals surface area contributed by atoms with E-state index >= 15 is 0 Å². The van der Waals surface area contributed by atoms with E-state index in [0.29, 0.717) is 6.42 Å². The van der Waals surface area contributed by atoms with Crippen molar-refractivity contribution in [2.24, 2.45) is 5.41 Å². The van der Waals surface area contributed by atoms with Crippen LogP contribution in [0.15, 0.2) is 0 Å². The molecule has 1 rings (SSSR count). The first-order valence-electron chi connectivity index (χ1n) is 5.34. The summed E-state index contributed by atoms with van der Waals surface area (Å²) in [5.41, 5.74) is 0.0814. The third kappa shape index (κ3) is 4.74. The molecule has 0 heterocycles. The highest BCUT2D eigenvalue weighted by atomic mass is 32.2. The van der Waals surface area contributed by atoms with Crippen LogP contribution in [0.2, 0.25) is 0 Å². The van der Waals surface area contributed by atoms with Crippen molar-refractivity contribution in [1.82, 2.24) is 5.32 Å². The van der Waals surface area contributed by atoms with Crippen molar-refractivity contribution < 1.29 is 13.2 Å². The second-order valence-electron chi connectivity index (χ2n) is 4.90. The van der Waals surface area contributed by atoms with Crippen molar-refractivity contribution in [3.8, 4) is 0 Å². The molecular formula is C10H19NO3S2. The number of nitrogens with one attached hydrogen (secondary N) is 1. The first kappa shape index (κ1) is 13.8. The SMILES string of the molecule is CC(CS(C)(=O)=O)NC(=O)CC1(CS)CC1. The molecule has 4 nitrogen and oxygen atoms in total. The second kappa shape index (κ2) is 4.96. The van der Waals surface area contributed by atoms with E-state index in [9.17, 15) is 13.2 Å². The maximum absolute atomic E-state index is 11.6. The maximum atomic E-state index is 11.6. The van der Waals surface area contributed by atoms with Crippen molar-refractivity contribution >= 4 is 28.4 Å². The van der Waals surface area contributed by atoms with Crippen molar-refractivity contribution in [2.75, 3.05) is 17.8 Å². The van der Waals surface area contributed by atoms with Crippen LogP contribution in [-0.2, 0) is 14.6 Å². The topological polar surface area (TPSA) is 63.2 Å². The van der Waals surface area contributed by atoms with Crippen molar-refractivity contribution in [1.29, 1.82) is 0 Å². The summed E-state index contributed by atoms with van der Waals surface area (Å²) in [5, 5.41) is 2.71. The summed E-state index contributed by atoms with van der Waals surface area (Å²) in [7, 11) is -3.03. The Hall–Kier alpha value is -0.230. The van der Waals surface area contributed by atoms with Crippen LogP contribution in [0, 0.1) is 5.41 Å². The third-order valence-electron chi connectivity index (χ3n) is 2.79. The number of carbonyl (C=O) groups is 1. The van der Waals surface area contributed by atoms with Crippen LogP contribution in [0.1, 0.15) is 26.2 Å². The molecule has 0 aromatic heterocycles. The predicted octanol–water partition coefficient (Wildman–Crippen LogP) is 0.636. The van der Waals surface area contributed by atoms with Gasteiger partial charge in [0, 0.05) is 18.7 Å². The van der Waals surface area contributed by atoms with Gasteiger partial charge in [0.15, 0.2) is 0 Å². The van der Waals surface area contributed by atoms with Crippen molar-refractivity contribution in [3.63, 3.8) is 0 Å². The highest BCUT2D eigenvalue weighted by Gasteiger charge is 2.42. The Labute approximate surface area is 103 Å². The molecule has 0 radical (unpaired) electrons. The number of rotatable bonds is 6. The average Bonchev–Trinajstić information content (AvgIpc) is 2.81. The standard InChI is InChI=1S/C10H19NO3S2/c1-8(6-16(2,13)14)11-9(12)5-10(7-15)3-4-10/h8,15H,3-7H2,1-2H3,(H,11,12). The van der Waals surface area contributed by atoms with Crippen LogP contribution in [-0.4, -0.2) is 38.1 Å². The smallest absolute Gasteiger partial charge is 0.220 e. The average molecular weight is 265 g/mol. The minimum atomic E-state index is -3.03. The van der Waals surface area contributed by atoms with Crippen molar-refractivity contribution in [2.45, 2.75) is 32.2 Å². The first-order chi connectivity index (χ1) is 7.26. The lowest BCUT2D eigenvalue weighted by Gasteiger charge is -2.16. The molecule has 1 amide bonds. The number of carbonyl (C=O) groups excluding carboxylic acids is 1. The van der Waals surface area contributed by atoms with Crippen LogP contribution in [0.4, 0.5) is 0 Å². The lowest BCUT2D eigenvalue weighted by molar-refractivity contribution is -0.122. The van der Waals surface area contributed by atoms with Gasteiger partial charge in [0.05, 0.1) is 5.75 Å². The van der Waals surface area contributed by atoms with Gasteiger partial charge in [-0.15, -0.1) is 0 Å². The molecule has 1 unspecified atom stereocenters. The normalized spacial score (nSPS) is 20.2. The van der Waals surface area contributed by atoms with E-state index in [1.807, 2.05) is 0 Å². The van der Waals surface area contributed by atoms with Crippen molar-refractivity contribution in [3.05, 3.63) is 0 Å². The molecule has 0 aromatic carbocycles. The van der Waals surface area contributed by atoms with E-state index in [1.54, 1.807) is 6.92 Å². The van der Waals surface area contributed by atoms with E-state index in [4.69, 9.17) is 0 Å². The Bertz CT molecular complexity index is 360. The number of sulfone groups is 1. The fourth-order valence-corrected chi connectivity index (χ4v) is 3.15. The Morgan fingerprint density at radius 3 is 2.44 bits per heavy atom. The monoisotopic (exact) mass is 265 g/mol. The zero-order valence-electron chi connectivity index (χ0n) is 9.69. The molecule has 1 aliphatic carbocycles. The van der Waals surface area contributed by atoms with Gasteiger partial charge < -0.3 is 5.32 Å². The highest BCUT2D eigenvalue weighted by molar-refractivity contribution is 7.90. The minimum Gasteiger partial charge on any atom is -0.353 e. The number of hydrogen-bond acceptors (Lipinski definition) is 4. The Morgan fingerprint density at radius 1 is 1.50 bits per heavy atom. The summed E-state index contributed by atoms with van der Waals surface area (Å²) in [4.78, 5) is 11.6. The number of hydrogen-bond donors (Lipinski definition) is 2. The fraction of sp³-hybridized carbons (Fsp3) is 0.900. The van der Waals surface area contributed by atoms with Gasteiger partial charge in [-0.25, -0.2) is 8.42 Å². The lowest BCUT2D eigenvalue weighted by Crippen LogP contribution is -2.38. The number of amides is 1. The molecule has 16 heavy (non-hydrogen) atoms. The summed E-state index contributed by atoms with van der Waals surface area (Å²) < 4.78 is 22.0. The Balaban J connectivity index is 2.34. The van der Waals surface area contributed by atoms with Crippen LogP contribution in [0.3, 0.4) is 0 Å². The lowest BCUT2D eigenvalue weighted by atomic mass is 10.1. The van der Waals surface area contributed by atoms with Crippen LogP contribution in [0.5, 0.6) is 0 Å². The summed E-state index contributed by atoms with van der Waals surface area (Å²) in [6, 6.07) is -0.321. The van der Waals surface area contributed by atoms with Gasteiger partial charge in [0.2, 0.25) is 5.91 Å². The van der Waals surface area contributed by atoms with E-state index in [2.05, 4.69) is 17.9 Å². The molecule has 1 atom stereocenters. The van der Waals surface area contributed by atoms with Crippen LogP contribution in [0.25, 0.3) is 0 Å². The molecule has 0 aromatic rings. The van der Waals surface area contributed by atoms with Gasteiger partial charge in [0.1, 0.15) is 9.84 Å². The Kier molecular flexibility index (Phi) is 4.29. The van der Waals surface area contributed by atoms with E-state index in [0.717, 1.165) is 18.6 Å². The molecule has 6 heteroatoms. The molecular weight excluding hydrogens is 246 g/mol. The minimum absolute atomic E-state index is 0.00733. The fourth-order valence-electron chi connectivity index (χ4n) is 1.73. The molecule has 1 fully saturated rings. The summed E-state index contributed by atoms with van der Waals surface area (Å²) in [5.74, 6) is 0.649. The van der Waals surface area contributed by atoms with E-state index < -0.39 is 9.84 Å². The Morgan fingerprint density at radius 2 is 2.06 bits per heavy atom. The summed E-state index contributed by atoms with van der Waals surface area (Å²) >= 11 is 4.22. The van der Waals surface area contributed by atoms with Gasteiger partial charge in [-0.3, -0.25) is 4.79 Å². The summed E-state index contributed by atoms with van der Waals surface area (Å²) in [6.07, 6.45) is 3.73. The molecule has 94 valence electrons. The predicted molar refractivity (Wildman–Crippen MR) is 67.5 cm³/mol. The molecule has 1 aliphatic rings. The molecule has 0 bridgehead atoms. The van der Waals surface area contributed by atoms with Gasteiger partial charge in [0.25, 0.3) is 0 Å². The third-order valence-corrected chi connectivity index (χ3v) is 4.56. The van der Waals surface area contributed by atoms with E-state index in [-0.39, 0.29) is 23.1 Å². The van der Waals surface area contributed by atoms with Gasteiger partial charge in [-0.1, -0.05) is 0 Å². The van der Waals surface area contributed by atoms with E-state index in [1.165, 1.54) is 6.26 Å². The number of thiol groups is 1. The largest absolute Gasteiger partial charge is 0.353 e. The first-order valence-corrected chi connectivity index (χ1v) is 8.04.